The molecule has 0 radical (unpaired) electrons. The molecule has 2 unspecified atom stereocenters. The molecular weight excluding hydrogens is 409 g/mol. The van der Waals surface area contributed by atoms with Crippen LogP contribution in [0.15, 0.2) is 23.8 Å². The number of carboxylic acid groups (broad SMARTS) is 1. The lowest BCUT2D eigenvalue weighted by atomic mass is 9.72. The number of fused-ring (bicyclic) bond motifs is 2. The number of allylic oxidation sites excluding steroid dienone is 2. The third-order valence-corrected chi connectivity index (χ3v) is 7.41. The van der Waals surface area contributed by atoms with Gasteiger partial charge in [0.05, 0.1) is 12.2 Å². The molecule has 1 aromatic carbocycles. The number of hydrogen-bond acceptors (Lipinski definition) is 3. The second-order valence-electron chi connectivity index (χ2n) is 10.4. The first-order chi connectivity index (χ1) is 15.3. The summed E-state index contributed by atoms with van der Waals surface area (Å²) in [6, 6.07) is 3.29. The van der Waals surface area contributed by atoms with Gasteiger partial charge in [0.2, 0.25) is 0 Å². The van der Waals surface area contributed by atoms with Crippen molar-refractivity contribution < 1.29 is 23.8 Å². The van der Waals surface area contributed by atoms with Gasteiger partial charge >= 0.3 is 0 Å². The van der Waals surface area contributed by atoms with Gasteiger partial charge in [0.15, 0.2) is 0 Å². The minimum atomic E-state index is -0.436. The number of carbonyl (C=O) groups is 2. The Morgan fingerprint density at radius 3 is 2.69 bits per heavy atom. The topological polar surface area (TPSA) is 66.8 Å². The fourth-order valence-electron chi connectivity index (χ4n) is 5.82. The number of amides is 1. The summed E-state index contributed by atoms with van der Waals surface area (Å²) < 4.78 is 21.3. The molecule has 3 atom stereocenters. The van der Waals surface area contributed by atoms with Gasteiger partial charge in [0.1, 0.15) is 11.6 Å². The van der Waals surface area contributed by atoms with Crippen LogP contribution in [0.3, 0.4) is 0 Å². The van der Waals surface area contributed by atoms with E-state index in [0.29, 0.717) is 30.1 Å². The Balaban J connectivity index is 0.000000775. The van der Waals surface area contributed by atoms with E-state index in [1.54, 1.807) is 16.5 Å². The summed E-state index contributed by atoms with van der Waals surface area (Å²) >= 11 is 0. The van der Waals surface area contributed by atoms with Gasteiger partial charge in [0.25, 0.3) is 12.4 Å². The molecule has 4 aliphatic rings. The zero-order chi connectivity index (χ0) is 22.9. The van der Waals surface area contributed by atoms with Crippen molar-refractivity contribution in [1.82, 2.24) is 4.90 Å². The van der Waals surface area contributed by atoms with Gasteiger partial charge in [-0.25, -0.2) is 4.39 Å². The van der Waals surface area contributed by atoms with Gasteiger partial charge < -0.3 is 14.7 Å². The molecule has 1 heterocycles. The van der Waals surface area contributed by atoms with Crippen LogP contribution in [0.1, 0.15) is 80.6 Å². The van der Waals surface area contributed by atoms with E-state index in [9.17, 15) is 9.18 Å². The summed E-state index contributed by atoms with van der Waals surface area (Å²) in [5.41, 5.74) is 3.02. The second kappa shape index (κ2) is 9.24. The Morgan fingerprint density at radius 1 is 1.28 bits per heavy atom. The number of hydrogen-bond donors (Lipinski definition) is 1. The second-order valence-corrected chi connectivity index (χ2v) is 10.4. The highest BCUT2D eigenvalue weighted by molar-refractivity contribution is 5.95. The van der Waals surface area contributed by atoms with Crippen molar-refractivity contribution in [1.29, 1.82) is 0 Å². The van der Waals surface area contributed by atoms with E-state index in [0.717, 1.165) is 50.8 Å². The van der Waals surface area contributed by atoms with Gasteiger partial charge in [-0.2, -0.15) is 0 Å². The van der Waals surface area contributed by atoms with Crippen molar-refractivity contribution in [2.45, 2.75) is 64.7 Å². The molecule has 1 saturated heterocycles. The lowest BCUT2D eigenvalue weighted by Gasteiger charge is -2.36. The highest BCUT2D eigenvalue weighted by atomic mass is 19.1. The highest BCUT2D eigenvalue weighted by Gasteiger charge is 2.41. The van der Waals surface area contributed by atoms with Crippen LogP contribution in [0.2, 0.25) is 0 Å². The number of rotatable bonds is 5. The zero-order valence-corrected chi connectivity index (χ0v) is 19.1. The SMILES string of the molecule is CC1CC2=CCC(COc3cc(F)c(C(=O)N4CC[C@@H](C)C4)cc3C3CC3)(C2)C1.O=CO. The molecule has 1 aromatic rings. The molecule has 5 rings (SSSR count). The number of nitrogens with zero attached hydrogens (tertiary/aromatic N) is 1. The minimum Gasteiger partial charge on any atom is -0.493 e. The monoisotopic (exact) mass is 443 g/mol. The van der Waals surface area contributed by atoms with Crippen LogP contribution in [0.25, 0.3) is 0 Å². The first kappa shape index (κ1) is 22.8. The Morgan fingerprint density at radius 2 is 2.03 bits per heavy atom. The third kappa shape index (κ3) is 4.84. The Labute approximate surface area is 189 Å². The minimum absolute atomic E-state index is 0.162. The fourth-order valence-corrected chi connectivity index (χ4v) is 5.82. The van der Waals surface area contributed by atoms with Crippen LogP contribution in [-0.2, 0) is 4.79 Å². The van der Waals surface area contributed by atoms with Crippen molar-refractivity contribution in [3.05, 3.63) is 40.7 Å². The van der Waals surface area contributed by atoms with E-state index < -0.39 is 5.82 Å². The first-order valence-electron chi connectivity index (χ1n) is 11.9. The summed E-state index contributed by atoms with van der Waals surface area (Å²) in [6.07, 6.45) is 10.2. The van der Waals surface area contributed by atoms with Crippen LogP contribution in [0.4, 0.5) is 4.39 Å². The van der Waals surface area contributed by atoms with E-state index >= 15 is 0 Å². The van der Waals surface area contributed by atoms with Crippen molar-refractivity contribution >= 4 is 12.4 Å². The average Bonchev–Trinajstić information content (AvgIpc) is 3.43. The molecule has 32 heavy (non-hydrogen) atoms. The standard InChI is InChI=1S/C25H32FNO2.CH2O2/c1-16-6-8-27(14-16)24(28)21-10-20(19-3-4-19)23(11-22(21)26)29-15-25-7-5-18(13-25)9-17(2)12-25;2-1-3/h5,10-11,16-17,19H,3-4,6-9,12-15H2,1-2H3;1H,(H,2,3)/t16-,17?,25?;/m1./s1. The van der Waals surface area contributed by atoms with E-state index in [1.165, 1.54) is 18.9 Å². The van der Waals surface area contributed by atoms with Gasteiger partial charge in [-0.1, -0.05) is 25.5 Å². The largest absolute Gasteiger partial charge is 0.493 e. The molecule has 0 aromatic heterocycles. The molecule has 1 aliphatic heterocycles. The molecule has 3 aliphatic carbocycles. The number of ether oxygens (including phenoxy) is 1. The van der Waals surface area contributed by atoms with Crippen molar-refractivity contribution in [3.63, 3.8) is 0 Å². The van der Waals surface area contributed by atoms with Crippen LogP contribution >= 0.6 is 0 Å². The van der Waals surface area contributed by atoms with Gasteiger partial charge in [-0.05, 0) is 74.3 Å². The number of benzene rings is 1. The van der Waals surface area contributed by atoms with Gasteiger partial charge in [-0.15, -0.1) is 0 Å². The smallest absolute Gasteiger partial charge is 0.290 e. The Kier molecular flexibility index (Phi) is 6.59. The maximum absolute atomic E-state index is 15.0. The van der Waals surface area contributed by atoms with Crippen LogP contribution in [0, 0.1) is 23.1 Å². The molecule has 6 heteroatoms. The third-order valence-electron chi connectivity index (χ3n) is 7.41. The lowest BCUT2D eigenvalue weighted by Crippen LogP contribution is -2.31. The van der Waals surface area contributed by atoms with Crippen molar-refractivity contribution in [3.8, 4) is 5.75 Å². The van der Waals surface area contributed by atoms with Gasteiger partial charge in [0, 0.05) is 24.6 Å². The molecular formula is C26H34FNO4. The average molecular weight is 444 g/mol. The predicted octanol–water partition coefficient (Wildman–Crippen LogP) is 5.40. The van der Waals surface area contributed by atoms with E-state index in [4.69, 9.17) is 14.6 Å². The highest BCUT2D eigenvalue weighted by Crippen LogP contribution is 2.51. The summed E-state index contributed by atoms with van der Waals surface area (Å²) in [4.78, 5) is 23.1. The molecule has 5 nitrogen and oxygen atoms in total. The zero-order valence-electron chi connectivity index (χ0n) is 19.1. The van der Waals surface area contributed by atoms with Crippen molar-refractivity contribution in [2.24, 2.45) is 17.3 Å². The van der Waals surface area contributed by atoms with E-state index in [1.807, 2.05) is 0 Å². The molecule has 2 saturated carbocycles. The maximum Gasteiger partial charge on any atom is 0.290 e. The normalized spacial score (nSPS) is 28.6. The van der Waals surface area contributed by atoms with E-state index in [-0.39, 0.29) is 23.4 Å². The molecule has 3 fully saturated rings. The lowest BCUT2D eigenvalue weighted by molar-refractivity contribution is -0.122. The summed E-state index contributed by atoms with van der Waals surface area (Å²) in [7, 11) is 0. The quantitative estimate of drug-likeness (QED) is 0.489. The number of halogens is 1. The molecule has 1 N–H and O–H groups in total. The fraction of sp³-hybridized carbons (Fsp3) is 0.615. The number of likely N-dealkylation sites (tertiary alicyclic amines) is 1. The summed E-state index contributed by atoms with van der Waals surface area (Å²) in [5.74, 6) is 1.67. The molecule has 0 spiro atoms. The first-order valence-corrected chi connectivity index (χ1v) is 11.9. The van der Waals surface area contributed by atoms with Gasteiger partial charge in [-0.3, -0.25) is 9.59 Å². The summed E-state index contributed by atoms with van der Waals surface area (Å²) in [6.45, 7) is 6.32. The number of carbonyl (C=O) groups excluding carboxylic acids is 1. The Hall–Kier alpha value is -2.37. The van der Waals surface area contributed by atoms with Crippen LogP contribution in [-0.4, -0.2) is 42.1 Å². The Bertz CT molecular complexity index is 909. The maximum atomic E-state index is 15.0. The molecule has 174 valence electrons. The molecule has 2 bridgehead atoms. The van der Waals surface area contributed by atoms with E-state index in [2.05, 4.69) is 19.9 Å². The summed E-state index contributed by atoms with van der Waals surface area (Å²) in [5, 5.41) is 6.89. The van der Waals surface area contributed by atoms with Crippen LogP contribution < -0.4 is 4.74 Å². The molecule has 1 amide bonds. The predicted molar refractivity (Wildman–Crippen MR) is 120 cm³/mol. The van der Waals surface area contributed by atoms with Crippen LogP contribution in [0.5, 0.6) is 5.75 Å². The van der Waals surface area contributed by atoms with Crippen molar-refractivity contribution in [2.75, 3.05) is 19.7 Å².